The Bertz CT molecular complexity index is 1100. The van der Waals surface area contributed by atoms with Crippen molar-refractivity contribution in [3.63, 3.8) is 0 Å². The first-order valence-corrected chi connectivity index (χ1v) is 11.0. The van der Waals surface area contributed by atoms with E-state index < -0.39 is 23.3 Å². The third-order valence-electron chi connectivity index (χ3n) is 5.39. The topological polar surface area (TPSA) is 52.6 Å². The van der Waals surface area contributed by atoms with Crippen molar-refractivity contribution in [2.24, 2.45) is 5.92 Å². The highest BCUT2D eigenvalue weighted by molar-refractivity contribution is 6.32. The van der Waals surface area contributed by atoms with Gasteiger partial charge in [0.15, 0.2) is 5.78 Å². The minimum absolute atomic E-state index is 0.0363. The number of esters is 1. The molecule has 0 amide bonds. The number of halogens is 3. The van der Waals surface area contributed by atoms with Gasteiger partial charge in [-0.05, 0) is 62.1 Å². The fourth-order valence-corrected chi connectivity index (χ4v) is 4.17. The second kappa shape index (κ2) is 9.24. The van der Waals surface area contributed by atoms with Crippen molar-refractivity contribution in [2.45, 2.75) is 45.6 Å². The van der Waals surface area contributed by atoms with E-state index >= 15 is 0 Å². The molecule has 1 aliphatic rings. The maximum atomic E-state index is 13.9. The Labute approximate surface area is 197 Å². The first kappa shape index (κ1) is 24.3. The lowest BCUT2D eigenvalue weighted by Gasteiger charge is -2.26. The van der Waals surface area contributed by atoms with E-state index in [1.54, 1.807) is 45.0 Å². The van der Waals surface area contributed by atoms with E-state index in [4.69, 9.17) is 32.7 Å². The van der Waals surface area contributed by atoms with Crippen LogP contribution in [0.1, 0.15) is 56.7 Å². The lowest BCUT2D eigenvalue weighted by atomic mass is 9.85. The molecule has 0 bridgehead atoms. The van der Waals surface area contributed by atoms with E-state index in [0.717, 1.165) is 5.56 Å². The molecule has 0 fully saturated rings. The minimum atomic E-state index is -0.680. The highest BCUT2D eigenvalue weighted by atomic mass is 35.5. The number of carbonyl (C=O) groups is 2. The van der Waals surface area contributed by atoms with E-state index in [1.165, 1.54) is 19.2 Å². The van der Waals surface area contributed by atoms with Gasteiger partial charge in [-0.15, -0.1) is 0 Å². The monoisotopic (exact) mass is 478 g/mol. The van der Waals surface area contributed by atoms with Crippen LogP contribution in [0.5, 0.6) is 5.75 Å². The molecule has 2 unspecified atom stereocenters. The molecule has 2 aromatic carbocycles. The zero-order chi connectivity index (χ0) is 23.8. The summed E-state index contributed by atoms with van der Waals surface area (Å²) in [6.45, 7) is 7.24. The van der Waals surface area contributed by atoms with E-state index in [0.29, 0.717) is 21.7 Å². The number of ketones is 1. The molecule has 170 valence electrons. The lowest BCUT2D eigenvalue weighted by Crippen LogP contribution is -2.31. The second-order valence-corrected chi connectivity index (χ2v) is 9.70. The van der Waals surface area contributed by atoms with Crippen molar-refractivity contribution in [1.82, 2.24) is 0 Å². The molecule has 0 aromatic heterocycles. The number of methoxy groups -OCH3 is 1. The Morgan fingerprint density at radius 2 is 1.88 bits per heavy atom. The number of carbonyl (C=O) groups excluding carboxylic acids is 2. The van der Waals surface area contributed by atoms with Crippen molar-refractivity contribution in [3.8, 4) is 5.75 Å². The van der Waals surface area contributed by atoms with Crippen molar-refractivity contribution in [1.29, 1.82) is 0 Å². The van der Waals surface area contributed by atoms with Crippen LogP contribution in [-0.4, -0.2) is 24.5 Å². The van der Waals surface area contributed by atoms with Gasteiger partial charge < -0.3 is 9.47 Å². The summed E-state index contributed by atoms with van der Waals surface area (Å²) in [5.41, 5.74) is 1.56. The SMILES string of the molecule is COc1cc(F)c(Cl)cc1C=C1C(=O)CC(C(=O)OC(C)(C)C)C(C)c2cc(Cl)ccc21. The van der Waals surface area contributed by atoms with Crippen LogP contribution in [0, 0.1) is 11.7 Å². The average molecular weight is 479 g/mol. The van der Waals surface area contributed by atoms with Crippen molar-refractivity contribution < 1.29 is 23.5 Å². The normalized spacial score (nSPS) is 20.0. The summed E-state index contributed by atoms with van der Waals surface area (Å²) in [7, 11) is 1.41. The summed E-state index contributed by atoms with van der Waals surface area (Å²) in [5.74, 6) is -2.05. The number of benzene rings is 2. The maximum absolute atomic E-state index is 13.9. The number of fused-ring (bicyclic) bond motifs is 1. The molecule has 0 spiro atoms. The summed E-state index contributed by atoms with van der Waals surface area (Å²) in [6, 6.07) is 7.79. The van der Waals surface area contributed by atoms with Crippen LogP contribution in [0.2, 0.25) is 10.0 Å². The summed E-state index contributed by atoms with van der Waals surface area (Å²) in [6.07, 6.45) is 1.58. The minimum Gasteiger partial charge on any atom is -0.496 e. The standard InChI is InChI=1S/C25H25Cl2FO4/c1-13-17-10-15(26)6-7-16(17)19(8-14-9-20(27)21(28)12-23(14)31-5)22(29)11-18(13)24(30)32-25(2,3)4/h6-10,12-13,18H,11H2,1-5H3. The summed E-state index contributed by atoms with van der Waals surface area (Å²) >= 11 is 12.2. The molecule has 0 heterocycles. The van der Waals surface area contributed by atoms with Crippen LogP contribution >= 0.6 is 23.2 Å². The molecular formula is C25H25Cl2FO4. The molecular weight excluding hydrogens is 454 g/mol. The fraction of sp³-hybridized carbons (Fsp3) is 0.360. The van der Waals surface area contributed by atoms with Gasteiger partial charge in [-0.2, -0.15) is 0 Å². The molecule has 0 aliphatic heterocycles. The predicted molar refractivity (Wildman–Crippen MR) is 125 cm³/mol. The second-order valence-electron chi connectivity index (χ2n) is 8.85. The van der Waals surface area contributed by atoms with Gasteiger partial charge in [-0.1, -0.05) is 36.2 Å². The molecule has 2 atom stereocenters. The van der Waals surface area contributed by atoms with E-state index in [1.807, 2.05) is 6.92 Å². The van der Waals surface area contributed by atoms with E-state index in [2.05, 4.69) is 0 Å². The molecule has 0 saturated carbocycles. The molecule has 2 aromatic rings. The zero-order valence-corrected chi connectivity index (χ0v) is 20.1. The third-order valence-corrected chi connectivity index (χ3v) is 5.91. The largest absolute Gasteiger partial charge is 0.496 e. The van der Waals surface area contributed by atoms with Crippen LogP contribution < -0.4 is 4.74 Å². The van der Waals surface area contributed by atoms with E-state index in [9.17, 15) is 14.0 Å². The molecule has 0 saturated heterocycles. The molecule has 32 heavy (non-hydrogen) atoms. The number of Topliss-reactive ketones (excluding diaryl/α,β-unsaturated/α-hetero) is 1. The summed E-state index contributed by atoms with van der Waals surface area (Å²) < 4.78 is 24.8. The quantitative estimate of drug-likeness (QED) is 0.279. The number of hydrogen-bond donors (Lipinski definition) is 0. The first-order valence-electron chi connectivity index (χ1n) is 10.2. The molecule has 1 aliphatic carbocycles. The molecule has 0 radical (unpaired) electrons. The number of hydrogen-bond acceptors (Lipinski definition) is 4. The zero-order valence-electron chi connectivity index (χ0n) is 18.6. The van der Waals surface area contributed by atoms with Gasteiger partial charge in [-0.25, -0.2) is 4.39 Å². The Morgan fingerprint density at radius 1 is 1.19 bits per heavy atom. The number of rotatable bonds is 3. The summed E-state index contributed by atoms with van der Waals surface area (Å²) in [4.78, 5) is 26.3. The smallest absolute Gasteiger partial charge is 0.310 e. The highest BCUT2D eigenvalue weighted by Crippen LogP contribution is 2.41. The Morgan fingerprint density at radius 3 is 2.50 bits per heavy atom. The predicted octanol–water partition coefficient (Wildman–Crippen LogP) is 6.72. The Kier molecular flexibility index (Phi) is 7.01. The van der Waals surface area contributed by atoms with E-state index in [-0.39, 0.29) is 28.9 Å². The number of ether oxygens (including phenoxy) is 2. The van der Waals surface area contributed by atoms with Crippen molar-refractivity contribution in [2.75, 3.05) is 7.11 Å². The molecule has 4 nitrogen and oxygen atoms in total. The lowest BCUT2D eigenvalue weighted by molar-refractivity contribution is -0.161. The van der Waals surface area contributed by atoms with Gasteiger partial charge >= 0.3 is 5.97 Å². The van der Waals surface area contributed by atoms with Crippen LogP contribution in [0.15, 0.2) is 30.3 Å². The summed E-state index contributed by atoms with van der Waals surface area (Å²) in [5, 5.41) is 0.407. The average Bonchev–Trinajstić information content (AvgIpc) is 2.79. The van der Waals surface area contributed by atoms with Crippen LogP contribution in [0.25, 0.3) is 11.6 Å². The Hall–Kier alpha value is -2.37. The fourth-order valence-electron chi connectivity index (χ4n) is 3.82. The van der Waals surface area contributed by atoms with Crippen LogP contribution in [-0.2, 0) is 14.3 Å². The maximum Gasteiger partial charge on any atom is 0.310 e. The van der Waals surface area contributed by atoms with Gasteiger partial charge in [-0.3, -0.25) is 9.59 Å². The number of allylic oxidation sites excluding steroid dienone is 1. The highest BCUT2D eigenvalue weighted by Gasteiger charge is 2.38. The van der Waals surface area contributed by atoms with Crippen molar-refractivity contribution in [3.05, 3.63) is 62.9 Å². The van der Waals surface area contributed by atoms with Crippen LogP contribution in [0.3, 0.4) is 0 Å². The first-order chi connectivity index (χ1) is 14.9. The molecule has 0 N–H and O–H groups in total. The van der Waals surface area contributed by atoms with Gasteiger partial charge in [0, 0.05) is 28.6 Å². The molecule has 7 heteroatoms. The van der Waals surface area contributed by atoms with Gasteiger partial charge in [0.1, 0.15) is 17.2 Å². The molecule has 3 rings (SSSR count). The van der Waals surface area contributed by atoms with Gasteiger partial charge in [0.25, 0.3) is 0 Å². The van der Waals surface area contributed by atoms with Gasteiger partial charge in [0.2, 0.25) is 0 Å². The van der Waals surface area contributed by atoms with Crippen molar-refractivity contribution >= 4 is 46.6 Å². The van der Waals surface area contributed by atoms with Crippen LogP contribution in [0.4, 0.5) is 4.39 Å². The van der Waals surface area contributed by atoms with Gasteiger partial charge in [0.05, 0.1) is 18.1 Å². The Balaban J connectivity index is 2.17. The third kappa shape index (κ3) is 5.16.